The van der Waals surface area contributed by atoms with Crippen LogP contribution in [0.4, 0.5) is 0 Å². The minimum Gasteiger partial charge on any atom is -0.0935 e. The van der Waals surface area contributed by atoms with E-state index in [1.54, 1.807) is 0 Å². The van der Waals surface area contributed by atoms with E-state index < -0.39 is 0 Å². The lowest BCUT2D eigenvalue weighted by Gasteiger charge is -2.12. The van der Waals surface area contributed by atoms with Crippen LogP contribution >= 0.6 is 12.2 Å². The van der Waals surface area contributed by atoms with Crippen LogP contribution in [0.3, 0.4) is 0 Å². The summed E-state index contributed by atoms with van der Waals surface area (Å²) < 4.78 is 0. The highest BCUT2D eigenvalue weighted by Crippen LogP contribution is 2.18. The largest absolute Gasteiger partial charge is 0.0935 e. The fourth-order valence-electron chi connectivity index (χ4n) is 1.61. The highest BCUT2D eigenvalue weighted by Gasteiger charge is 2.04. The quantitative estimate of drug-likeness (QED) is 0.400. The van der Waals surface area contributed by atoms with Gasteiger partial charge < -0.3 is 0 Å². The molecule has 0 fully saturated rings. The third-order valence-corrected chi connectivity index (χ3v) is 2.53. The molecular formula is C11H22S. The van der Waals surface area contributed by atoms with Crippen molar-refractivity contribution in [2.24, 2.45) is 5.92 Å². The van der Waals surface area contributed by atoms with E-state index in [0.29, 0.717) is 0 Å². The Morgan fingerprint density at radius 3 is 2.33 bits per heavy atom. The van der Waals surface area contributed by atoms with Crippen molar-refractivity contribution in [2.75, 3.05) is 0 Å². The molecule has 0 aromatic heterocycles. The summed E-state index contributed by atoms with van der Waals surface area (Å²) in [5, 5.41) is 1.91. The predicted molar refractivity (Wildman–Crippen MR) is 60.8 cm³/mol. The fraction of sp³-hybridized carbons (Fsp3) is 0.909. The summed E-state index contributed by atoms with van der Waals surface area (Å²) in [6, 6.07) is 0. The van der Waals surface area contributed by atoms with Gasteiger partial charge in [0, 0.05) is 0 Å². The van der Waals surface area contributed by atoms with Gasteiger partial charge in [-0.05, 0) is 17.7 Å². The first-order valence-electron chi connectivity index (χ1n) is 5.28. The molecule has 0 amide bonds. The number of thiocarbonyl (C=S) groups is 1. The van der Waals surface area contributed by atoms with Crippen LogP contribution in [0.15, 0.2) is 0 Å². The molecule has 0 aliphatic carbocycles. The van der Waals surface area contributed by atoms with Crippen LogP contribution < -0.4 is 0 Å². The highest BCUT2D eigenvalue weighted by atomic mass is 32.1. The Balaban J connectivity index is 3.40. The summed E-state index contributed by atoms with van der Waals surface area (Å²) in [5.41, 5.74) is 0. The monoisotopic (exact) mass is 186 g/mol. The van der Waals surface area contributed by atoms with Gasteiger partial charge in [0.15, 0.2) is 0 Å². The van der Waals surface area contributed by atoms with Crippen molar-refractivity contribution in [3.63, 3.8) is 0 Å². The van der Waals surface area contributed by atoms with E-state index in [4.69, 9.17) is 12.2 Å². The van der Waals surface area contributed by atoms with E-state index in [1.165, 1.54) is 38.5 Å². The molecule has 0 spiro atoms. The van der Waals surface area contributed by atoms with Crippen LogP contribution in [-0.4, -0.2) is 5.37 Å². The Morgan fingerprint density at radius 1 is 1.08 bits per heavy atom. The third-order valence-electron chi connectivity index (χ3n) is 2.34. The van der Waals surface area contributed by atoms with Crippen LogP contribution in [-0.2, 0) is 0 Å². The van der Waals surface area contributed by atoms with Crippen molar-refractivity contribution in [2.45, 2.75) is 58.8 Å². The Bertz CT molecular complexity index is 99.2. The Hall–Kier alpha value is 0.0900. The number of hydrogen-bond donors (Lipinski definition) is 0. The molecule has 72 valence electrons. The number of rotatable bonds is 8. The van der Waals surface area contributed by atoms with Crippen molar-refractivity contribution in [1.29, 1.82) is 0 Å². The van der Waals surface area contributed by atoms with Crippen molar-refractivity contribution in [3.05, 3.63) is 0 Å². The topological polar surface area (TPSA) is 0 Å². The van der Waals surface area contributed by atoms with Crippen LogP contribution in [0.2, 0.25) is 0 Å². The number of hydrogen-bond acceptors (Lipinski definition) is 1. The van der Waals surface area contributed by atoms with Crippen LogP contribution in [0.1, 0.15) is 58.8 Å². The summed E-state index contributed by atoms with van der Waals surface area (Å²) in [6.07, 6.45) is 9.30. The molecule has 0 saturated heterocycles. The Kier molecular flexibility index (Phi) is 9.25. The zero-order valence-corrected chi connectivity index (χ0v) is 9.33. The second-order valence-electron chi connectivity index (χ2n) is 3.55. The van der Waals surface area contributed by atoms with Gasteiger partial charge in [0.2, 0.25) is 0 Å². The highest BCUT2D eigenvalue weighted by molar-refractivity contribution is 7.78. The van der Waals surface area contributed by atoms with Crippen molar-refractivity contribution in [3.8, 4) is 0 Å². The maximum atomic E-state index is 4.90. The molecule has 0 aromatic rings. The summed E-state index contributed by atoms with van der Waals surface area (Å²) in [6.45, 7) is 4.52. The Labute approximate surface area is 82.7 Å². The maximum Gasteiger partial charge on any atom is -0.0208 e. The second kappa shape index (κ2) is 9.18. The van der Waals surface area contributed by atoms with Gasteiger partial charge in [-0.2, -0.15) is 0 Å². The molecule has 0 N–H and O–H groups in total. The lowest BCUT2D eigenvalue weighted by atomic mass is 9.94. The zero-order valence-electron chi connectivity index (χ0n) is 8.51. The van der Waals surface area contributed by atoms with Gasteiger partial charge in [0.05, 0.1) is 0 Å². The molecule has 0 aliphatic heterocycles. The zero-order chi connectivity index (χ0) is 9.23. The first-order chi connectivity index (χ1) is 5.85. The molecule has 0 saturated carbocycles. The van der Waals surface area contributed by atoms with Crippen molar-refractivity contribution in [1.82, 2.24) is 0 Å². The van der Waals surface area contributed by atoms with Gasteiger partial charge in [0.25, 0.3) is 0 Å². The van der Waals surface area contributed by atoms with Gasteiger partial charge in [0.1, 0.15) is 0 Å². The minimum absolute atomic E-state index is 0.874. The van der Waals surface area contributed by atoms with E-state index in [-0.39, 0.29) is 0 Å². The lowest BCUT2D eigenvalue weighted by Crippen LogP contribution is -2.00. The number of unbranched alkanes of at least 4 members (excludes halogenated alkanes) is 2. The average Bonchev–Trinajstić information content (AvgIpc) is 2.06. The minimum atomic E-state index is 0.874. The smallest absolute Gasteiger partial charge is 0.0208 e. The molecule has 1 heteroatoms. The summed E-state index contributed by atoms with van der Waals surface area (Å²) in [5.74, 6) is 0.874. The van der Waals surface area contributed by atoms with Gasteiger partial charge in [-0.15, -0.1) is 0 Å². The lowest BCUT2D eigenvalue weighted by molar-refractivity contribution is 0.440. The van der Waals surface area contributed by atoms with E-state index in [0.717, 1.165) is 12.3 Å². The third kappa shape index (κ3) is 6.78. The maximum absolute atomic E-state index is 4.90. The van der Waals surface area contributed by atoms with Crippen molar-refractivity contribution >= 4 is 17.6 Å². The molecule has 1 atom stereocenters. The molecule has 0 nitrogen and oxygen atoms in total. The molecule has 0 heterocycles. The van der Waals surface area contributed by atoms with Crippen LogP contribution in [0, 0.1) is 5.92 Å². The van der Waals surface area contributed by atoms with Gasteiger partial charge in [-0.3, -0.25) is 0 Å². The molecule has 0 radical (unpaired) electrons. The molecule has 0 bridgehead atoms. The van der Waals surface area contributed by atoms with Gasteiger partial charge >= 0.3 is 0 Å². The van der Waals surface area contributed by atoms with E-state index in [9.17, 15) is 0 Å². The van der Waals surface area contributed by atoms with E-state index >= 15 is 0 Å². The molecular weight excluding hydrogens is 164 g/mol. The Morgan fingerprint density at radius 2 is 1.83 bits per heavy atom. The van der Waals surface area contributed by atoms with Gasteiger partial charge in [-0.1, -0.05) is 64.6 Å². The SMILES string of the molecule is CCCCCC(CC=S)CCC. The molecule has 0 aliphatic rings. The summed E-state index contributed by atoms with van der Waals surface area (Å²) in [4.78, 5) is 0. The second-order valence-corrected chi connectivity index (χ2v) is 3.89. The van der Waals surface area contributed by atoms with Gasteiger partial charge in [-0.25, -0.2) is 0 Å². The molecule has 1 unspecified atom stereocenters. The standard InChI is InChI=1S/C11H22S/c1-3-5-6-8-11(7-4-2)9-10-12/h10-11H,3-9H2,1-2H3. The fourth-order valence-corrected chi connectivity index (χ4v) is 1.88. The van der Waals surface area contributed by atoms with E-state index in [1.807, 2.05) is 5.37 Å². The van der Waals surface area contributed by atoms with E-state index in [2.05, 4.69) is 13.8 Å². The van der Waals surface area contributed by atoms with Crippen molar-refractivity contribution < 1.29 is 0 Å². The molecule has 12 heavy (non-hydrogen) atoms. The predicted octanol–water partition coefficient (Wildman–Crippen LogP) is 4.37. The normalized spacial score (nSPS) is 12.8. The summed E-state index contributed by atoms with van der Waals surface area (Å²) in [7, 11) is 0. The van der Waals surface area contributed by atoms with Crippen LogP contribution in [0.25, 0.3) is 0 Å². The first-order valence-corrected chi connectivity index (χ1v) is 5.75. The average molecular weight is 186 g/mol. The molecule has 0 aromatic carbocycles. The summed E-state index contributed by atoms with van der Waals surface area (Å²) >= 11 is 4.90. The molecule has 0 rings (SSSR count). The van der Waals surface area contributed by atoms with Crippen LogP contribution in [0.5, 0.6) is 0 Å². The first kappa shape index (κ1) is 12.1.